The van der Waals surface area contributed by atoms with Gasteiger partial charge in [-0.05, 0) is 35.6 Å². The molecule has 0 radical (unpaired) electrons. The third-order valence-electron chi connectivity index (χ3n) is 2.32. The predicted molar refractivity (Wildman–Crippen MR) is 65.9 cm³/mol. The molecular formula is C12H17BrO2. The number of alkyl halides is 1. The molecule has 1 aromatic carbocycles. The summed E-state index contributed by atoms with van der Waals surface area (Å²) in [7, 11) is 1.63. The van der Waals surface area contributed by atoms with Gasteiger partial charge >= 0.3 is 0 Å². The third kappa shape index (κ3) is 3.42. The number of phenolic OH excluding ortho intramolecular Hbond substituents is 1. The van der Waals surface area contributed by atoms with Crippen molar-refractivity contribution in [2.75, 3.05) is 12.4 Å². The molecule has 0 aliphatic heterocycles. The first kappa shape index (κ1) is 12.4. The summed E-state index contributed by atoms with van der Waals surface area (Å²) in [5.74, 6) is 1.12. The molecule has 1 aromatic rings. The molecule has 0 aromatic heterocycles. The molecule has 15 heavy (non-hydrogen) atoms. The van der Waals surface area contributed by atoms with E-state index in [4.69, 9.17) is 4.74 Å². The standard InChI is InChI=1S/C12H17BrO2/c1-12(2,8-13)7-9-6-10(15-3)4-5-11(9)14/h4-6,14H,7-8H2,1-3H3. The van der Waals surface area contributed by atoms with E-state index in [2.05, 4.69) is 29.8 Å². The van der Waals surface area contributed by atoms with Crippen LogP contribution in [0.25, 0.3) is 0 Å². The Balaban J connectivity index is 2.93. The lowest BCUT2D eigenvalue weighted by atomic mass is 9.87. The summed E-state index contributed by atoms with van der Waals surface area (Å²) in [5, 5.41) is 10.6. The summed E-state index contributed by atoms with van der Waals surface area (Å²) in [6.45, 7) is 4.31. The Morgan fingerprint density at radius 1 is 1.40 bits per heavy atom. The van der Waals surface area contributed by atoms with E-state index in [1.165, 1.54) is 0 Å². The van der Waals surface area contributed by atoms with E-state index in [-0.39, 0.29) is 5.41 Å². The maximum Gasteiger partial charge on any atom is 0.119 e. The maximum atomic E-state index is 9.72. The van der Waals surface area contributed by atoms with Crippen molar-refractivity contribution in [3.63, 3.8) is 0 Å². The van der Waals surface area contributed by atoms with Gasteiger partial charge in [-0.25, -0.2) is 0 Å². The Bertz CT molecular complexity index is 334. The number of benzene rings is 1. The van der Waals surface area contributed by atoms with Crippen LogP contribution in [-0.4, -0.2) is 17.5 Å². The first-order valence-corrected chi connectivity index (χ1v) is 6.02. The second-order valence-electron chi connectivity index (χ2n) is 4.47. The lowest BCUT2D eigenvalue weighted by Gasteiger charge is -2.22. The van der Waals surface area contributed by atoms with Crippen molar-refractivity contribution in [1.29, 1.82) is 0 Å². The van der Waals surface area contributed by atoms with Gasteiger partial charge in [0.1, 0.15) is 11.5 Å². The normalized spacial score (nSPS) is 11.5. The van der Waals surface area contributed by atoms with Crippen molar-refractivity contribution in [3.05, 3.63) is 23.8 Å². The monoisotopic (exact) mass is 272 g/mol. The summed E-state index contributed by atoms with van der Waals surface area (Å²) in [6.07, 6.45) is 0.821. The van der Waals surface area contributed by atoms with Gasteiger partial charge in [-0.15, -0.1) is 0 Å². The van der Waals surface area contributed by atoms with Crippen molar-refractivity contribution >= 4 is 15.9 Å². The average molecular weight is 273 g/mol. The molecule has 0 atom stereocenters. The Morgan fingerprint density at radius 3 is 2.60 bits per heavy atom. The average Bonchev–Trinajstić information content (AvgIpc) is 2.21. The smallest absolute Gasteiger partial charge is 0.119 e. The molecule has 84 valence electrons. The molecule has 0 bridgehead atoms. The Hall–Kier alpha value is -0.700. The van der Waals surface area contributed by atoms with Crippen molar-refractivity contribution < 1.29 is 9.84 Å². The van der Waals surface area contributed by atoms with Crippen molar-refractivity contribution in [3.8, 4) is 11.5 Å². The van der Waals surface area contributed by atoms with E-state index in [0.29, 0.717) is 5.75 Å². The Labute approximate surface area is 99.4 Å². The van der Waals surface area contributed by atoms with E-state index in [0.717, 1.165) is 23.1 Å². The van der Waals surface area contributed by atoms with E-state index < -0.39 is 0 Å². The lowest BCUT2D eigenvalue weighted by Crippen LogP contribution is -2.16. The molecule has 0 heterocycles. The summed E-state index contributed by atoms with van der Waals surface area (Å²) in [5.41, 5.74) is 1.06. The van der Waals surface area contributed by atoms with E-state index in [1.807, 2.05) is 6.07 Å². The third-order valence-corrected chi connectivity index (χ3v) is 3.84. The number of hydrogen-bond donors (Lipinski definition) is 1. The fraction of sp³-hybridized carbons (Fsp3) is 0.500. The molecule has 3 heteroatoms. The number of ether oxygens (including phenoxy) is 1. The topological polar surface area (TPSA) is 29.5 Å². The van der Waals surface area contributed by atoms with Crippen LogP contribution in [0.1, 0.15) is 19.4 Å². The van der Waals surface area contributed by atoms with Crippen molar-refractivity contribution in [2.45, 2.75) is 20.3 Å². The summed E-state index contributed by atoms with van der Waals surface area (Å²) >= 11 is 3.48. The zero-order valence-corrected chi connectivity index (χ0v) is 11.0. The van der Waals surface area contributed by atoms with Gasteiger partial charge in [-0.1, -0.05) is 29.8 Å². The molecule has 0 unspecified atom stereocenters. The van der Waals surface area contributed by atoms with E-state index in [1.54, 1.807) is 19.2 Å². The number of halogens is 1. The van der Waals surface area contributed by atoms with Crippen LogP contribution >= 0.6 is 15.9 Å². The SMILES string of the molecule is COc1ccc(O)c(CC(C)(C)CBr)c1. The second-order valence-corrected chi connectivity index (χ2v) is 5.03. The number of rotatable bonds is 4. The summed E-state index contributed by atoms with van der Waals surface area (Å²) in [6, 6.07) is 5.33. The lowest BCUT2D eigenvalue weighted by molar-refractivity contribution is 0.393. The molecule has 2 nitrogen and oxygen atoms in total. The van der Waals surface area contributed by atoms with Crippen molar-refractivity contribution in [1.82, 2.24) is 0 Å². The minimum Gasteiger partial charge on any atom is -0.508 e. The van der Waals surface area contributed by atoms with Gasteiger partial charge in [-0.2, -0.15) is 0 Å². The highest BCUT2D eigenvalue weighted by Gasteiger charge is 2.19. The maximum absolute atomic E-state index is 9.72. The molecule has 0 spiro atoms. The van der Waals surface area contributed by atoms with Crippen LogP contribution in [0.5, 0.6) is 11.5 Å². The van der Waals surface area contributed by atoms with Gasteiger partial charge in [0.15, 0.2) is 0 Å². The fourth-order valence-corrected chi connectivity index (χ4v) is 1.59. The Morgan fingerprint density at radius 2 is 2.07 bits per heavy atom. The van der Waals surface area contributed by atoms with Gasteiger partial charge in [0.25, 0.3) is 0 Å². The van der Waals surface area contributed by atoms with E-state index >= 15 is 0 Å². The van der Waals surface area contributed by atoms with Crippen LogP contribution < -0.4 is 4.74 Å². The minimum absolute atomic E-state index is 0.129. The number of phenols is 1. The van der Waals surface area contributed by atoms with Gasteiger partial charge in [0.05, 0.1) is 7.11 Å². The largest absolute Gasteiger partial charge is 0.508 e. The highest BCUT2D eigenvalue weighted by molar-refractivity contribution is 9.09. The number of aromatic hydroxyl groups is 1. The molecule has 0 saturated heterocycles. The number of methoxy groups -OCH3 is 1. The predicted octanol–water partition coefficient (Wildman–Crippen LogP) is 3.36. The molecule has 1 N–H and O–H groups in total. The highest BCUT2D eigenvalue weighted by atomic mass is 79.9. The first-order valence-electron chi connectivity index (χ1n) is 4.90. The van der Waals surface area contributed by atoms with Gasteiger partial charge in [0, 0.05) is 5.33 Å². The van der Waals surface area contributed by atoms with Gasteiger partial charge < -0.3 is 9.84 Å². The minimum atomic E-state index is 0.129. The fourth-order valence-electron chi connectivity index (χ4n) is 1.39. The zero-order valence-electron chi connectivity index (χ0n) is 9.38. The summed E-state index contributed by atoms with van der Waals surface area (Å²) < 4.78 is 5.14. The molecule has 0 fully saturated rings. The van der Waals surface area contributed by atoms with Crippen LogP contribution in [0.15, 0.2) is 18.2 Å². The van der Waals surface area contributed by atoms with Gasteiger partial charge in [-0.3, -0.25) is 0 Å². The van der Waals surface area contributed by atoms with Crippen LogP contribution in [0.3, 0.4) is 0 Å². The zero-order chi connectivity index (χ0) is 11.5. The van der Waals surface area contributed by atoms with Crippen molar-refractivity contribution in [2.24, 2.45) is 5.41 Å². The molecule has 0 aliphatic rings. The van der Waals surface area contributed by atoms with Crippen LogP contribution in [0.2, 0.25) is 0 Å². The molecule has 0 saturated carbocycles. The molecular weight excluding hydrogens is 256 g/mol. The second kappa shape index (κ2) is 4.88. The van der Waals surface area contributed by atoms with Crippen LogP contribution in [-0.2, 0) is 6.42 Å². The van der Waals surface area contributed by atoms with Crippen LogP contribution in [0, 0.1) is 5.41 Å². The quantitative estimate of drug-likeness (QED) is 0.852. The molecule has 0 amide bonds. The number of hydrogen-bond acceptors (Lipinski definition) is 2. The first-order chi connectivity index (χ1) is 6.98. The summed E-state index contributed by atoms with van der Waals surface area (Å²) in [4.78, 5) is 0. The highest BCUT2D eigenvalue weighted by Crippen LogP contribution is 2.31. The Kier molecular flexibility index (Phi) is 4.03. The van der Waals surface area contributed by atoms with Crippen LogP contribution in [0.4, 0.5) is 0 Å². The molecule has 0 aliphatic carbocycles. The molecule has 1 rings (SSSR count). The van der Waals surface area contributed by atoms with E-state index in [9.17, 15) is 5.11 Å². The van der Waals surface area contributed by atoms with Gasteiger partial charge in [0.2, 0.25) is 0 Å².